The van der Waals surface area contributed by atoms with Gasteiger partial charge in [-0.05, 0) is 66.0 Å². The van der Waals surface area contributed by atoms with E-state index in [1.54, 1.807) is 42.5 Å². The van der Waals surface area contributed by atoms with Gasteiger partial charge in [0.15, 0.2) is 4.51 Å². The minimum Gasteiger partial charge on any atom is -0.497 e. The van der Waals surface area contributed by atoms with Crippen LogP contribution in [-0.4, -0.2) is 34.8 Å². The maximum absolute atomic E-state index is 11.2. The minimum absolute atomic E-state index is 0. The smallest absolute Gasteiger partial charge is 0.252 e. The number of methoxy groups -OCH3 is 2. The van der Waals surface area contributed by atoms with Gasteiger partial charge >= 0.3 is 0 Å². The highest BCUT2D eigenvalue weighted by atomic mass is 79.9. The molecule has 0 bridgehead atoms. The fourth-order valence-electron chi connectivity index (χ4n) is 1.87. The molecule has 1 aromatic carbocycles. The molecular formula is C20H28BrCl3N2O4. The summed E-state index contributed by atoms with van der Waals surface area (Å²) >= 11 is 13.9. The Hall–Kier alpha value is -0.930. The molecule has 1 aromatic rings. The first-order chi connectivity index (χ1) is 13.4. The van der Waals surface area contributed by atoms with Crippen molar-refractivity contribution >= 4 is 62.0 Å². The van der Waals surface area contributed by atoms with E-state index in [0.29, 0.717) is 11.3 Å². The molecule has 0 aromatic heterocycles. The van der Waals surface area contributed by atoms with Crippen molar-refractivity contribution in [3.05, 3.63) is 59.9 Å². The second kappa shape index (κ2) is 15.0. The number of hydrogen-bond acceptors (Lipinski definition) is 6. The molecule has 1 aliphatic rings. The number of nitrogens with two attached hydrogens (primary N) is 1. The fourth-order valence-corrected chi connectivity index (χ4v) is 3.01. The van der Waals surface area contributed by atoms with Crippen molar-refractivity contribution in [3.63, 3.8) is 0 Å². The van der Waals surface area contributed by atoms with Crippen molar-refractivity contribution < 1.29 is 19.1 Å². The molecule has 0 aliphatic heterocycles. The van der Waals surface area contributed by atoms with Gasteiger partial charge in [-0.25, -0.2) is 0 Å². The molecule has 3 N–H and O–H groups in total. The Labute approximate surface area is 202 Å². The molecule has 1 aliphatic carbocycles. The van der Waals surface area contributed by atoms with Crippen LogP contribution in [0.4, 0.5) is 0 Å². The summed E-state index contributed by atoms with van der Waals surface area (Å²) in [5, 5.41) is -0.904. The molecule has 0 fully saturated rings. The Morgan fingerprint density at radius 2 is 1.67 bits per heavy atom. The average Bonchev–Trinajstić information content (AvgIpc) is 2.69. The zero-order valence-electron chi connectivity index (χ0n) is 17.4. The summed E-state index contributed by atoms with van der Waals surface area (Å²) in [4.78, 5) is 21.6. The van der Waals surface area contributed by atoms with Gasteiger partial charge in [0.2, 0.25) is 5.24 Å². The largest absolute Gasteiger partial charge is 0.497 e. The molecule has 0 amide bonds. The summed E-state index contributed by atoms with van der Waals surface area (Å²) in [6.07, 6.45) is 5.09. The van der Waals surface area contributed by atoms with E-state index >= 15 is 0 Å². The van der Waals surface area contributed by atoms with Crippen LogP contribution in [-0.2, 0) is 14.3 Å². The maximum Gasteiger partial charge on any atom is 0.252 e. The van der Waals surface area contributed by atoms with E-state index in [2.05, 4.69) is 21.4 Å². The van der Waals surface area contributed by atoms with Crippen molar-refractivity contribution in [1.29, 1.82) is 0 Å². The quantitative estimate of drug-likeness (QED) is 0.241. The van der Waals surface area contributed by atoms with Crippen LogP contribution in [0.5, 0.6) is 0 Å². The third-order valence-corrected chi connectivity index (χ3v) is 5.14. The number of nitrogens with one attached hydrogen (secondary N) is 1. The molecule has 0 spiro atoms. The standard InChI is InChI=1S/C9H10BrClO3.C7H5ClO.C4H12N2.ClH/c1-13-7-5-3-4-6(8(11)12)9(7,10)14-2;8-7(9)6-4-2-1-3-5-6;1-4(2,3)6-5;/h3-6H,1-2H3;1-5H;6H,5H2,1-3H3;1H. The number of alkyl halides is 1. The molecule has 2 atom stereocenters. The molecule has 6 nitrogen and oxygen atoms in total. The Morgan fingerprint density at radius 3 is 1.97 bits per heavy atom. The van der Waals surface area contributed by atoms with Crippen LogP contribution in [0.3, 0.4) is 0 Å². The lowest BCUT2D eigenvalue weighted by atomic mass is 9.97. The lowest BCUT2D eigenvalue weighted by Gasteiger charge is -2.33. The van der Waals surface area contributed by atoms with Crippen LogP contribution >= 0.6 is 51.5 Å². The molecule has 0 heterocycles. The van der Waals surface area contributed by atoms with E-state index in [0.717, 1.165) is 0 Å². The number of allylic oxidation sites excluding steroid dienone is 2. The number of rotatable bonds is 4. The monoisotopic (exact) mass is 544 g/mol. The van der Waals surface area contributed by atoms with Crippen LogP contribution in [0, 0.1) is 5.92 Å². The summed E-state index contributed by atoms with van der Waals surface area (Å²) in [6.45, 7) is 6.02. The van der Waals surface area contributed by atoms with Crippen molar-refractivity contribution in [2.75, 3.05) is 14.2 Å². The number of benzene rings is 1. The average molecular weight is 547 g/mol. The fraction of sp³-hybridized carbons (Fsp3) is 0.400. The second-order valence-electron chi connectivity index (χ2n) is 6.78. The molecular weight excluding hydrogens is 518 g/mol. The predicted octanol–water partition coefficient (Wildman–Crippen LogP) is 4.94. The van der Waals surface area contributed by atoms with Gasteiger partial charge in [-0.15, -0.1) is 12.4 Å². The lowest BCUT2D eigenvalue weighted by molar-refractivity contribution is -0.118. The van der Waals surface area contributed by atoms with Gasteiger partial charge in [0.25, 0.3) is 5.24 Å². The highest BCUT2D eigenvalue weighted by molar-refractivity contribution is 9.10. The first-order valence-corrected chi connectivity index (χ1v) is 10.1. The van der Waals surface area contributed by atoms with Gasteiger partial charge in [-0.1, -0.05) is 42.5 Å². The molecule has 0 saturated heterocycles. The number of carbonyl (C=O) groups is 2. The van der Waals surface area contributed by atoms with E-state index in [4.69, 9.17) is 38.5 Å². The zero-order valence-corrected chi connectivity index (χ0v) is 21.4. The van der Waals surface area contributed by atoms with Gasteiger partial charge < -0.3 is 9.47 Å². The first-order valence-electron chi connectivity index (χ1n) is 8.52. The zero-order chi connectivity index (χ0) is 22.7. The molecule has 2 rings (SSSR count). The van der Waals surface area contributed by atoms with Crippen LogP contribution in [0.25, 0.3) is 0 Å². The van der Waals surface area contributed by atoms with Crippen molar-refractivity contribution in [1.82, 2.24) is 5.43 Å². The van der Waals surface area contributed by atoms with E-state index in [1.165, 1.54) is 14.2 Å². The third-order valence-electron chi connectivity index (χ3n) is 3.48. The Kier molecular flexibility index (Phi) is 15.6. The molecule has 0 saturated carbocycles. The minimum atomic E-state index is -0.991. The Morgan fingerprint density at radius 1 is 1.17 bits per heavy atom. The Balaban J connectivity index is 0. The molecule has 30 heavy (non-hydrogen) atoms. The molecule has 2 unspecified atom stereocenters. The molecule has 0 radical (unpaired) electrons. The van der Waals surface area contributed by atoms with Gasteiger partial charge in [0.05, 0.1) is 13.0 Å². The second-order valence-corrected chi connectivity index (χ2v) is 8.68. The number of hydrazine groups is 1. The SMILES string of the molecule is CC(C)(C)NN.COC1=CC=CC(C(=O)Cl)C1(Br)OC.Cl.O=C(Cl)c1ccccc1. The summed E-state index contributed by atoms with van der Waals surface area (Å²) in [5.74, 6) is 4.98. The number of ether oxygens (including phenoxy) is 2. The summed E-state index contributed by atoms with van der Waals surface area (Å²) in [5.41, 5.74) is 3.21. The highest BCUT2D eigenvalue weighted by Gasteiger charge is 2.45. The third kappa shape index (κ3) is 10.9. The maximum atomic E-state index is 11.2. The van der Waals surface area contributed by atoms with Gasteiger partial charge in [-0.3, -0.25) is 20.9 Å². The van der Waals surface area contributed by atoms with Crippen LogP contribution in [0.2, 0.25) is 0 Å². The predicted molar refractivity (Wildman–Crippen MR) is 128 cm³/mol. The number of hydrogen-bond donors (Lipinski definition) is 2. The van der Waals surface area contributed by atoms with Crippen molar-refractivity contribution in [2.45, 2.75) is 30.8 Å². The number of carbonyl (C=O) groups excluding carboxylic acids is 2. The van der Waals surface area contributed by atoms with E-state index in [1.807, 2.05) is 26.8 Å². The van der Waals surface area contributed by atoms with Crippen LogP contribution < -0.4 is 11.3 Å². The first kappa shape index (κ1) is 31.3. The lowest BCUT2D eigenvalue weighted by Crippen LogP contribution is -2.41. The van der Waals surface area contributed by atoms with Crippen LogP contribution in [0.1, 0.15) is 31.1 Å². The topological polar surface area (TPSA) is 90.7 Å². The Bertz CT molecular complexity index is 725. The van der Waals surface area contributed by atoms with Gasteiger partial charge in [-0.2, -0.15) is 0 Å². The van der Waals surface area contributed by atoms with E-state index in [9.17, 15) is 9.59 Å². The van der Waals surface area contributed by atoms with Gasteiger partial charge in [0.1, 0.15) is 5.76 Å². The summed E-state index contributed by atoms with van der Waals surface area (Å²) in [7, 11) is 2.99. The summed E-state index contributed by atoms with van der Waals surface area (Å²) < 4.78 is 9.34. The molecule has 170 valence electrons. The van der Waals surface area contributed by atoms with E-state index < -0.39 is 20.9 Å². The van der Waals surface area contributed by atoms with Gasteiger partial charge in [0, 0.05) is 18.2 Å². The number of halogens is 4. The van der Waals surface area contributed by atoms with Crippen molar-refractivity contribution in [2.24, 2.45) is 11.8 Å². The highest BCUT2D eigenvalue weighted by Crippen LogP contribution is 2.41. The van der Waals surface area contributed by atoms with Crippen LogP contribution in [0.15, 0.2) is 54.3 Å². The molecule has 10 heteroatoms. The van der Waals surface area contributed by atoms with Crippen molar-refractivity contribution in [3.8, 4) is 0 Å². The normalized spacial score (nSPS) is 19.6. The van der Waals surface area contributed by atoms with E-state index in [-0.39, 0.29) is 17.9 Å². The summed E-state index contributed by atoms with van der Waals surface area (Å²) in [6, 6.07) is 8.74.